The number of nitrogens with zero attached hydrogens (tertiary/aromatic N) is 5. The molecule has 2 aliphatic rings. The molecule has 3 aromatic heterocycles. The maximum atomic E-state index is 10.6. The highest BCUT2D eigenvalue weighted by atomic mass is 19.4. The van der Waals surface area contributed by atoms with Crippen molar-refractivity contribution in [2.24, 2.45) is 0 Å². The number of hydrogen-bond acceptors (Lipinski definition) is 6. The Morgan fingerprint density at radius 1 is 1.19 bits per heavy atom. The molecule has 1 saturated heterocycles. The minimum absolute atomic E-state index is 0.480. The van der Waals surface area contributed by atoms with Gasteiger partial charge in [0.05, 0.1) is 18.3 Å². The van der Waals surface area contributed by atoms with Crippen LogP contribution in [-0.4, -0.2) is 60.4 Å². The number of hydrogen-bond donors (Lipinski definition) is 2. The summed E-state index contributed by atoms with van der Waals surface area (Å²) in [6.45, 7) is 2.97. The maximum Gasteiger partial charge on any atom is 0.490 e. The van der Waals surface area contributed by atoms with Crippen molar-refractivity contribution < 1.29 is 27.5 Å². The highest BCUT2D eigenvalue weighted by molar-refractivity contribution is 5.73. The van der Waals surface area contributed by atoms with E-state index in [1.807, 2.05) is 12.1 Å². The van der Waals surface area contributed by atoms with Crippen molar-refractivity contribution >= 4 is 5.97 Å². The van der Waals surface area contributed by atoms with Crippen molar-refractivity contribution in [3.8, 4) is 11.5 Å². The normalized spacial score (nSPS) is 17.7. The second-order valence-corrected chi connectivity index (χ2v) is 7.94. The van der Waals surface area contributed by atoms with Gasteiger partial charge in [-0.2, -0.15) is 18.3 Å². The number of alkyl halides is 3. The fourth-order valence-electron chi connectivity index (χ4n) is 3.60. The molecule has 0 unspecified atom stereocenters. The lowest BCUT2D eigenvalue weighted by Crippen LogP contribution is -2.34. The van der Waals surface area contributed by atoms with Crippen LogP contribution < -0.4 is 0 Å². The summed E-state index contributed by atoms with van der Waals surface area (Å²) in [5.74, 6) is -0.234. The van der Waals surface area contributed by atoms with Crippen LogP contribution in [0.4, 0.5) is 13.2 Å². The predicted molar refractivity (Wildman–Crippen MR) is 106 cm³/mol. The van der Waals surface area contributed by atoms with E-state index >= 15 is 0 Å². The molecule has 1 saturated carbocycles. The molecule has 2 fully saturated rings. The summed E-state index contributed by atoms with van der Waals surface area (Å²) in [5.41, 5.74) is 2.10. The Balaban J connectivity index is 0.000000307. The average molecular weight is 452 g/mol. The average Bonchev–Trinajstić information content (AvgIpc) is 3.17. The number of aromatic nitrogens is 5. The first-order chi connectivity index (χ1) is 15.3. The van der Waals surface area contributed by atoms with Gasteiger partial charge in [0.2, 0.25) is 0 Å². The van der Waals surface area contributed by atoms with E-state index < -0.39 is 12.1 Å². The van der Waals surface area contributed by atoms with Crippen LogP contribution in [0, 0.1) is 0 Å². The number of piperidine rings is 1. The topological polar surface area (TPSA) is 113 Å². The second kappa shape index (κ2) is 9.15. The number of carboxylic acid groups (broad SMARTS) is 1. The quantitative estimate of drug-likeness (QED) is 0.608. The van der Waals surface area contributed by atoms with E-state index in [-0.39, 0.29) is 0 Å². The molecular weight excluding hydrogens is 429 g/mol. The Morgan fingerprint density at radius 3 is 2.50 bits per heavy atom. The molecule has 5 rings (SSSR count). The van der Waals surface area contributed by atoms with Gasteiger partial charge >= 0.3 is 12.1 Å². The van der Waals surface area contributed by atoms with Crippen LogP contribution in [0.15, 0.2) is 35.0 Å². The number of aliphatic carboxylic acids is 1. The van der Waals surface area contributed by atoms with Crippen molar-refractivity contribution in [3.05, 3.63) is 42.0 Å². The zero-order valence-electron chi connectivity index (χ0n) is 17.1. The van der Waals surface area contributed by atoms with Crippen molar-refractivity contribution in [2.75, 3.05) is 13.1 Å². The van der Waals surface area contributed by atoms with Crippen LogP contribution in [-0.2, 0) is 11.3 Å². The number of furan rings is 1. The minimum atomic E-state index is -5.08. The number of halogens is 3. The molecule has 32 heavy (non-hydrogen) atoms. The SMILES string of the molecule is O=C(O)C(F)(F)F.c1cc(-c2ccc(CN3CCC(n4cc(C5CC5)nn4)CC3)o2)[nH]n1. The molecule has 2 N–H and O–H groups in total. The summed E-state index contributed by atoms with van der Waals surface area (Å²) in [4.78, 5) is 11.3. The molecule has 1 aliphatic carbocycles. The molecule has 0 aromatic carbocycles. The fourth-order valence-corrected chi connectivity index (χ4v) is 3.60. The van der Waals surface area contributed by atoms with E-state index in [0.29, 0.717) is 12.0 Å². The number of carbonyl (C=O) groups is 1. The Labute approximate surface area is 181 Å². The Hall–Kier alpha value is -3.15. The molecule has 3 aromatic rings. The van der Waals surface area contributed by atoms with Gasteiger partial charge in [0.1, 0.15) is 11.5 Å². The lowest BCUT2D eigenvalue weighted by Gasteiger charge is -2.31. The van der Waals surface area contributed by atoms with E-state index in [2.05, 4.69) is 42.4 Å². The van der Waals surface area contributed by atoms with Gasteiger partial charge in [-0.1, -0.05) is 5.21 Å². The number of carboxylic acids is 1. The van der Waals surface area contributed by atoms with Gasteiger partial charge in [0.25, 0.3) is 0 Å². The molecule has 0 spiro atoms. The van der Waals surface area contributed by atoms with E-state index in [4.69, 9.17) is 14.3 Å². The molecule has 172 valence electrons. The van der Waals surface area contributed by atoms with Gasteiger partial charge in [-0.3, -0.25) is 10.00 Å². The third-order valence-corrected chi connectivity index (χ3v) is 5.50. The zero-order chi connectivity index (χ0) is 22.7. The van der Waals surface area contributed by atoms with Gasteiger partial charge in [0, 0.05) is 31.4 Å². The van der Waals surface area contributed by atoms with Crippen LogP contribution >= 0.6 is 0 Å². The van der Waals surface area contributed by atoms with Crippen molar-refractivity contribution in [2.45, 2.75) is 50.4 Å². The van der Waals surface area contributed by atoms with Gasteiger partial charge in [0.15, 0.2) is 5.76 Å². The van der Waals surface area contributed by atoms with E-state index in [1.54, 1.807) is 6.20 Å². The highest BCUT2D eigenvalue weighted by Crippen LogP contribution is 2.39. The van der Waals surface area contributed by atoms with Gasteiger partial charge in [-0.15, -0.1) is 5.10 Å². The fraction of sp³-hybridized carbons (Fsp3) is 0.500. The number of likely N-dealkylation sites (tertiary alicyclic amines) is 1. The van der Waals surface area contributed by atoms with Gasteiger partial charge < -0.3 is 9.52 Å². The van der Waals surface area contributed by atoms with Crippen molar-refractivity contribution in [3.63, 3.8) is 0 Å². The van der Waals surface area contributed by atoms with E-state index in [0.717, 1.165) is 49.7 Å². The summed E-state index contributed by atoms with van der Waals surface area (Å²) in [6, 6.07) is 6.46. The second-order valence-electron chi connectivity index (χ2n) is 7.94. The minimum Gasteiger partial charge on any atom is -0.475 e. The summed E-state index contributed by atoms with van der Waals surface area (Å²) in [7, 11) is 0. The zero-order valence-corrected chi connectivity index (χ0v) is 17.1. The molecule has 0 atom stereocenters. The summed E-state index contributed by atoms with van der Waals surface area (Å²) in [6.07, 6.45) is 3.60. The third-order valence-electron chi connectivity index (χ3n) is 5.50. The predicted octanol–water partition coefficient (Wildman–Crippen LogP) is 3.61. The smallest absolute Gasteiger partial charge is 0.475 e. The van der Waals surface area contributed by atoms with Crippen LogP contribution in [0.1, 0.15) is 49.1 Å². The largest absolute Gasteiger partial charge is 0.490 e. The summed E-state index contributed by atoms with van der Waals surface area (Å²) in [5, 5.41) is 22.7. The van der Waals surface area contributed by atoms with E-state index in [9.17, 15) is 13.2 Å². The van der Waals surface area contributed by atoms with Crippen LogP contribution in [0.2, 0.25) is 0 Å². The molecule has 12 heteroatoms. The number of aromatic amines is 1. The highest BCUT2D eigenvalue weighted by Gasteiger charge is 2.38. The van der Waals surface area contributed by atoms with Crippen LogP contribution in [0.5, 0.6) is 0 Å². The molecule has 0 bridgehead atoms. The Morgan fingerprint density at radius 2 is 1.91 bits per heavy atom. The first kappa shape index (κ1) is 22.1. The maximum absolute atomic E-state index is 10.6. The molecule has 0 amide bonds. The first-order valence-corrected chi connectivity index (χ1v) is 10.3. The van der Waals surface area contributed by atoms with Crippen molar-refractivity contribution in [1.82, 2.24) is 30.1 Å². The standard InChI is InChI=1S/C18H22N6O.C2HF3O2/c1-2-13(1)17-12-24(22-21-17)14-6-9-23(10-7-14)11-15-3-4-18(25-15)16-5-8-19-20-16;3-2(4,5)1(6)7/h3-5,8,12-14H,1-2,6-7,9-11H2,(H,19,20);(H,6,7). The first-order valence-electron chi connectivity index (χ1n) is 10.3. The number of rotatable bonds is 5. The number of H-pyrrole nitrogens is 1. The summed E-state index contributed by atoms with van der Waals surface area (Å²) < 4.78 is 39.8. The number of nitrogens with one attached hydrogen (secondary N) is 1. The Bertz CT molecular complexity index is 1020. The van der Waals surface area contributed by atoms with Gasteiger partial charge in [-0.25, -0.2) is 9.48 Å². The molecule has 1 aliphatic heterocycles. The van der Waals surface area contributed by atoms with Crippen molar-refractivity contribution in [1.29, 1.82) is 0 Å². The van der Waals surface area contributed by atoms with Gasteiger partial charge in [-0.05, 0) is 43.9 Å². The van der Waals surface area contributed by atoms with E-state index in [1.165, 1.54) is 18.5 Å². The summed E-state index contributed by atoms with van der Waals surface area (Å²) >= 11 is 0. The lowest BCUT2D eigenvalue weighted by atomic mass is 10.1. The van der Waals surface area contributed by atoms with Crippen LogP contribution in [0.25, 0.3) is 11.5 Å². The molecule has 0 radical (unpaired) electrons. The molecular formula is C20H23F3N6O3. The van der Waals surface area contributed by atoms with Crippen LogP contribution in [0.3, 0.4) is 0 Å². The lowest BCUT2D eigenvalue weighted by molar-refractivity contribution is -0.192. The third kappa shape index (κ3) is 5.55. The monoisotopic (exact) mass is 452 g/mol. The molecule has 9 nitrogen and oxygen atoms in total. The Kier molecular flexibility index (Phi) is 6.31. The molecule has 4 heterocycles.